The van der Waals surface area contributed by atoms with E-state index in [0.29, 0.717) is 37.6 Å². The van der Waals surface area contributed by atoms with Crippen LogP contribution in [0.25, 0.3) is 28.1 Å². The lowest BCUT2D eigenvalue weighted by atomic mass is 10.2. The lowest BCUT2D eigenvalue weighted by molar-refractivity contribution is 0.593. The molecule has 0 atom stereocenters. The Kier molecular flexibility index (Phi) is 6.35. The maximum Gasteiger partial charge on any atom is 0.197 e. The van der Waals surface area contributed by atoms with E-state index in [2.05, 4.69) is 39.9 Å². The van der Waals surface area contributed by atoms with Gasteiger partial charge in [-0.1, -0.05) is 29.3 Å². The number of nitrogens with one attached hydrogen (secondary N) is 2. The molecule has 0 aliphatic rings. The topological polar surface area (TPSA) is 106 Å². The minimum atomic E-state index is -0.866. The summed E-state index contributed by atoms with van der Waals surface area (Å²) in [6, 6.07) is 10.9. The molecule has 0 saturated carbocycles. The lowest BCUT2D eigenvalue weighted by Gasteiger charge is -2.14. The molecular formula is C24H13Cl2F2N9S. The van der Waals surface area contributed by atoms with Gasteiger partial charge in [-0.3, -0.25) is 4.57 Å². The van der Waals surface area contributed by atoms with Crippen LogP contribution >= 0.6 is 35.1 Å². The summed E-state index contributed by atoms with van der Waals surface area (Å²) in [5.74, 6) is -1.13. The lowest BCUT2D eigenvalue weighted by Crippen LogP contribution is -2.05. The number of hydrogen-bond donors (Lipinski definition) is 2. The number of benzene rings is 2. The highest BCUT2D eigenvalue weighted by atomic mass is 35.5. The molecule has 4 heterocycles. The Hall–Kier alpha value is -4.13. The molecule has 0 fully saturated rings. The standard InChI is InChI=1S/C24H13Cl2F2N9S/c25-12-2-1-3-16(18(12)26)38-36-14-5-4-13(27)20(19(14)28)35-22-21-15(31-10-32-22)6-7-17(34-21)37-11-33-23-24(37)30-9-8-29-23/h1-11,36H,(H,31,32,35). The summed E-state index contributed by atoms with van der Waals surface area (Å²) in [5, 5.41) is 3.42. The van der Waals surface area contributed by atoms with Gasteiger partial charge >= 0.3 is 0 Å². The zero-order valence-corrected chi connectivity index (χ0v) is 21.2. The predicted octanol–water partition coefficient (Wildman–Crippen LogP) is 6.60. The first-order valence-electron chi connectivity index (χ1n) is 10.9. The molecule has 38 heavy (non-hydrogen) atoms. The number of nitrogens with zero attached hydrogens (tertiary/aromatic N) is 7. The summed E-state index contributed by atoms with van der Waals surface area (Å²) in [5.41, 5.74) is 1.29. The molecule has 0 aliphatic carbocycles. The van der Waals surface area contributed by atoms with E-state index in [-0.39, 0.29) is 17.0 Å². The monoisotopic (exact) mass is 567 g/mol. The summed E-state index contributed by atoms with van der Waals surface area (Å²) in [7, 11) is 0. The smallest absolute Gasteiger partial charge is 0.197 e. The molecule has 188 valence electrons. The zero-order valence-electron chi connectivity index (χ0n) is 18.9. The molecule has 2 N–H and O–H groups in total. The first-order valence-corrected chi connectivity index (χ1v) is 12.4. The summed E-state index contributed by atoms with van der Waals surface area (Å²) >= 11 is 13.3. The Balaban J connectivity index is 1.35. The van der Waals surface area contributed by atoms with Gasteiger partial charge in [-0.25, -0.2) is 38.7 Å². The third-order valence-electron chi connectivity index (χ3n) is 5.42. The fourth-order valence-corrected chi connectivity index (χ4v) is 4.81. The average molecular weight is 568 g/mol. The van der Waals surface area contributed by atoms with Crippen LogP contribution in [0.15, 0.2) is 72.4 Å². The average Bonchev–Trinajstić information content (AvgIpc) is 3.37. The molecule has 2 aromatic carbocycles. The highest BCUT2D eigenvalue weighted by Crippen LogP contribution is 2.36. The van der Waals surface area contributed by atoms with Gasteiger partial charge in [0.15, 0.2) is 22.9 Å². The van der Waals surface area contributed by atoms with Crippen molar-refractivity contribution < 1.29 is 8.78 Å². The zero-order chi connectivity index (χ0) is 26.2. The maximum absolute atomic E-state index is 15.5. The number of imidazole rings is 1. The van der Waals surface area contributed by atoms with Gasteiger partial charge in [0.2, 0.25) is 0 Å². The molecule has 6 rings (SSSR count). The number of rotatable bonds is 6. The second-order valence-electron chi connectivity index (χ2n) is 7.74. The van der Waals surface area contributed by atoms with E-state index >= 15 is 4.39 Å². The van der Waals surface area contributed by atoms with Crippen molar-refractivity contribution in [1.29, 1.82) is 0 Å². The van der Waals surface area contributed by atoms with Crippen LogP contribution in [-0.4, -0.2) is 34.5 Å². The number of anilines is 3. The second kappa shape index (κ2) is 9.97. The molecule has 0 radical (unpaired) electrons. The summed E-state index contributed by atoms with van der Waals surface area (Å²) in [6.07, 6.45) is 5.90. The van der Waals surface area contributed by atoms with Crippen molar-refractivity contribution in [3.05, 3.63) is 89.2 Å². The Morgan fingerprint density at radius 1 is 0.895 bits per heavy atom. The van der Waals surface area contributed by atoms with Gasteiger partial charge in [0.1, 0.15) is 35.5 Å². The van der Waals surface area contributed by atoms with Crippen LogP contribution in [-0.2, 0) is 0 Å². The van der Waals surface area contributed by atoms with Crippen molar-refractivity contribution in [2.75, 3.05) is 10.0 Å². The first kappa shape index (κ1) is 24.2. The van der Waals surface area contributed by atoms with Gasteiger partial charge in [0.25, 0.3) is 0 Å². The number of fused-ring (bicyclic) bond motifs is 2. The van der Waals surface area contributed by atoms with E-state index in [1.54, 1.807) is 41.1 Å². The third kappa shape index (κ3) is 4.42. The molecule has 9 nitrogen and oxygen atoms in total. The fraction of sp³-hybridized carbons (Fsp3) is 0. The summed E-state index contributed by atoms with van der Waals surface area (Å²) < 4.78 is 34.8. The number of aromatic nitrogens is 7. The Bertz CT molecular complexity index is 1830. The summed E-state index contributed by atoms with van der Waals surface area (Å²) in [4.78, 5) is 26.3. The molecule has 4 aromatic heterocycles. The van der Waals surface area contributed by atoms with Crippen LogP contribution in [0.4, 0.5) is 26.0 Å². The van der Waals surface area contributed by atoms with E-state index in [1.165, 1.54) is 24.9 Å². The molecule has 0 saturated heterocycles. The predicted molar refractivity (Wildman–Crippen MR) is 143 cm³/mol. The summed E-state index contributed by atoms with van der Waals surface area (Å²) in [6.45, 7) is 0. The Morgan fingerprint density at radius 2 is 1.76 bits per heavy atom. The maximum atomic E-state index is 15.5. The normalized spacial score (nSPS) is 11.3. The fourth-order valence-electron chi connectivity index (χ4n) is 3.61. The van der Waals surface area contributed by atoms with Gasteiger partial charge in [0, 0.05) is 17.3 Å². The van der Waals surface area contributed by atoms with Crippen LogP contribution < -0.4 is 10.0 Å². The molecule has 0 bridgehead atoms. The van der Waals surface area contributed by atoms with Gasteiger partial charge in [-0.15, -0.1) is 0 Å². The van der Waals surface area contributed by atoms with E-state index in [0.717, 1.165) is 18.0 Å². The highest BCUT2D eigenvalue weighted by Gasteiger charge is 2.18. The van der Waals surface area contributed by atoms with Crippen LogP contribution in [0.5, 0.6) is 0 Å². The van der Waals surface area contributed by atoms with Crippen molar-refractivity contribution in [2.24, 2.45) is 0 Å². The minimum Gasteiger partial charge on any atom is -0.333 e. The Morgan fingerprint density at radius 3 is 2.66 bits per heavy atom. The van der Waals surface area contributed by atoms with Gasteiger partial charge in [0.05, 0.1) is 21.2 Å². The number of pyridine rings is 1. The second-order valence-corrected chi connectivity index (χ2v) is 9.38. The van der Waals surface area contributed by atoms with E-state index in [4.69, 9.17) is 23.2 Å². The van der Waals surface area contributed by atoms with E-state index in [1.807, 2.05) is 0 Å². The van der Waals surface area contributed by atoms with Crippen LogP contribution in [0.1, 0.15) is 0 Å². The van der Waals surface area contributed by atoms with Gasteiger partial charge in [-0.2, -0.15) is 0 Å². The van der Waals surface area contributed by atoms with Crippen molar-refractivity contribution in [2.45, 2.75) is 4.90 Å². The van der Waals surface area contributed by atoms with Crippen molar-refractivity contribution in [3.8, 4) is 5.82 Å². The number of halogens is 4. The molecular weight excluding hydrogens is 555 g/mol. The first-order chi connectivity index (χ1) is 18.5. The van der Waals surface area contributed by atoms with Crippen molar-refractivity contribution in [3.63, 3.8) is 0 Å². The van der Waals surface area contributed by atoms with Crippen LogP contribution in [0.3, 0.4) is 0 Å². The molecule has 0 aliphatic heterocycles. The molecule has 0 amide bonds. The molecule has 0 unspecified atom stereocenters. The van der Waals surface area contributed by atoms with E-state index in [9.17, 15) is 4.39 Å². The van der Waals surface area contributed by atoms with Crippen molar-refractivity contribution >= 4 is 74.7 Å². The molecule has 0 spiro atoms. The van der Waals surface area contributed by atoms with Crippen LogP contribution in [0, 0.1) is 11.6 Å². The molecule has 6 aromatic rings. The third-order valence-corrected chi connectivity index (χ3v) is 7.23. The SMILES string of the molecule is Fc1ccc(NSc2cccc(Cl)c2Cl)c(F)c1Nc1ncnc2ccc(-n3cnc4nccnc43)nc12. The number of hydrogen-bond acceptors (Lipinski definition) is 9. The van der Waals surface area contributed by atoms with Crippen molar-refractivity contribution in [1.82, 2.24) is 34.5 Å². The van der Waals surface area contributed by atoms with E-state index < -0.39 is 17.3 Å². The minimum absolute atomic E-state index is 0.0189. The quantitative estimate of drug-likeness (QED) is 0.215. The van der Waals surface area contributed by atoms with Crippen LogP contribution in [0.2, 0.25) is 10.0 Å². The van der Waals surface area contributed by atoms with Gasteiger partial charge < -0.3 is 10.0 Å². The Labute approximate surface area is 227 Å². The van der Waals surface area contributed by atoms with Gasteiger partial charge in [-0.05, 0) is 48.3 Å². The molecule has 14 heteroatoms. The highest BCUT2D eigenvalue weighted by molar-refractivity contribution is 8.00. The largest absolute Gasteiger partial charge is 0.333 e.